The lowest BCUT2D eigenvalue weighted by Crippen LogP contribution is -2.31. The van der Waals surface area contributed by atoms with Crippen molar-refractivity contribution < 1.29 is 0 Å². The molecular weight excluding hydrogens is 180 g/mol. The molecule has 3 heterocycles. The molecule has 0 unspecified atom stereocenters. The summed E-state index contributed by atoms with van der Waals surface area (Å²) >= 11 is 0. The maximum Gasteiger partial charge on any atom is 0.205 e. The number of aromatic nitrogens is 2. The molecule has 3 aliphatic rings. The summed E-state index contributed by atoms with van der Waals surface area (Å²) in [6.07, 6.45) is 3.54. The Morgan fingerprint density at radius 1 is 1.43 bits per heavy atom. The van der Waals surface area contributed by atoms with E-state index in [2.05, 4.69) is 15.6 Å². The van der Waals surface area contributed by atoms with Crippen LogP contribution in [0.15, 0.2) is 23.3 Å². The molecule has 0 atom stereocenters. The van der Waals surface area contributed by atoms with Crippen molar-refractivity contribution in [3.8, 4) is 5.69 Å². The van der Waals surface area contributed by atoms with Gasteiger partial charge < -0.3 is 10.3 Å². The molecule has 0 saturated heterocycles. The highest BCUT2D eigenvalue weighted by molar-refractivity contribution is 5.52. The molecule has 0 radical (unpaired) electrons. The third-order valence-corrected chi connectivity index (χ3v) is 2.48. The van der Waals surface area contributed by atoms with Crippen molar-refractivity contribution in [1.29, 1.82) is 0 Å². The number of fused-ring (bicyclic) bond motifs is 3. The zero-order chi connectivity index (χ0) is 9.54. The zero-order valence-electron chi connectivity index (χ0n) is 7.50. The van der Waals surface area contributed by atoms with Crippen molar-refractivity contribution >= 4 is 5.82 Å². The first-order valence-corrected chi connectivity index (χ1v) is 4.52. The van der Waals surface area contributed by atoms with Crippen LogP contribution in [-0.2, 0) is 6.54 Å². The second-order valence-electron chi connectivity index (χ2n) is 3.33. The normalized spacial score (nSPS) is 15.1. The van der Waals surface area contributed by atoms with E-state index in [0.29, 0.717) is 5.69 Å². The van der Waals surface area contributed by atoms with Crippen LogP contribution in [0.3, 0.4) is 0 Å². The van der Waals surface area contributed by atoms with Gasteiger partial charge in [0, 0.05) is 25.0 Å². The molecule has 0 aromatic carbocycles. The Labute approximate surface area is 80.1 Å². The minimum atomic E-state index is 0.0457. The molecule has 0 fully saturated rings. The van der Waals surface area contributed by atoms with E-state index < -0.39 is 0 Å². The number of nitrogens with one attached hydrogen (secondary N) is 3. The van der Waals surface area contributed by atoms with Crippen molar-refractivity contribution in [3.63, 3.8) is 0 Å². The first-order chi connectivity index (χ1) is 6.86. The van der Waals surface area contributed by atoms with Crippen LogP contribution in [0.25, 0.3) is 5.69 Å². The van der Waals surface area contributed by atoms with Gasteiger partial charge >= 0.3 is 0 Å². The summed E-state index contributed by atoms with van der Waals surface area (Å²) in [5.74, 6) is 0.975. The van der Waals surface area contributed by atoms with Crippen LogP contribution in [0.2, 0.25) is 0 Å². The Hall–Kier alpha value is -1.75. The van der Waals surface area contributed by atoms with Gasteiger partial charge in [0.2, 0.25) is 5.43 Å². The minimum absolute atomic E-state index is 0.0457. The van der Waals surface area contributed by atoms with Gasteiger partial charge in [0.15, 0.2) is 0 Å². The first-order valence-electron chi connectivity index (χ1n) is 4.52. The monoisotopic (exact) mass is 190 g/mol. The van der Waals surface area contributed by atoms with Gasteiger partial charge in [-0.25, -0.2) is 0 Å². The lowest BCUT2D eigenvalue weighted by Gasteiger charge is -2.22. The molecule has 5 heteroatoms. The quantitative estimate of drug-likeness (QED) is 0.551. The Kier molecular flexibility index (Phi) is 1.43. The van der Waals surface area contributed by atoms with Gasteiger partial charge in [-0.05, 0) is 0 Å². The number of hydrogen-bond donors (Lipinski definition) is 3. The molecule has 0 bridgehead atoms. The summed E-state index contributed by atoms with van der Waals surface area (Å²) < 4.78 is 1.88. The second-order valence-corrected chi connectivity index (χ2v) is 3.33. The fourth-order valence-corrected chi connectivity index (χ4v) is 1.79. The van der Waals surface area contributed by atoms with Crippen LogP contribution >= 0.6 is 0 Å². The molecule has 5 nitrogen and oxygen atoms in total. The van der Waals surface area contributed by atoms with Gasteiger partial charge in [-0.3, -0.25) is 14.7 Å². The first kappa shape index (κ1) is 7.64. The van der Waals surface area contributed by atoms with Crippen molar-refractivity contribution in [2.75, 3.05) is 12.0 Å². The van der Waals surface area contributed by atoms with Gasteiger partial charge in [-0.15, -0.1) is 0 Å². The third kappa shape index (κ3) is 0.898. The highest BCUT2D eigenvalue weighted by atomic mass is 16.1. The van der Waals surface area contributed by atoms with E-state index in [9.17, 15) is 4.79 Å². The molecule has 14 heavy (non-hydrogen) atoms. The molecule has 0 aromatic rings. The molecule has 0 spiro atoms. The van der Waals surface area contributed by atoms with Crippen LogP contribution < -0.4 is 16.1 Å². The number of H-pyrrole nitrogens is 1. The van der Waals surface area contributed by atoms with Crippen LogP contribution in [0.4, 0.5) is 5.82 Å². The maximum atomic E-state index is 11.4. The Balaban J connectivity index is 2.33. The molecule has 0 aliphatic carbocycles. The molecule has 0 amide bonds. The van der Waals surface area contributed by atoms with Gasteiger partial charge in [0.1, 0.15) is 11.5 Å². The van der Waals surface area contributed by atoms with Gasteiger partial charge in [-0.2, -0.15) is 0 Å². The van der Waals surface area contributed by atoms with Crippen LogP contribution in [0.1, 0.15) is 5.69 Å². The fraction of sp³-hybridized carbons (Fsp3) is 0.222. The van der Waals surface area contributed by atoms with Gasteiger partial charge in [0.05, 0.1) is 12.4 Å². The molecule has 0 aromatic heterocycles. The predicted octanol–water partition coefficient (Wildman–Crippen LogP) is 0.0760. The van der Waals surface area contributed by atoms with Gasteiger partial charge in [0.25, 0.3) is 0 Å². The highest BCUT2D eigenvalue weighted by Crippen LogP contribution is 2.20. The number of rotatable bonds is 0. The standard InChI is InChI=1S/C9H10N4O/c14-8-1-2-13-7(8)4-11-6-3-10-5-12-9(6)13/h1-2,4,10-12H,3,5H2. The molecule has 3 rings (SSSR count). The Bertz CT molecular complexity index is 498. The van der Waals surface area contributed by atoms with E-state index in [0.717, 1.165) is 24.7 Å². The maximum absolute atomic E-state index is 11.4. The smallest absolute Gasteiger partial charge is 0.205 e. The summed E-state index contributed by atoms with van der Waals surface area (Å²) in [5.41, 5.74) is 1.79. The lowest BCUT2D eigenvalue weighted by atomic mass is 10.3. The number of nitrogens with zero attached hydrogens (tertiary/aromatic N) is 1. The summed E-state index contributed by atoms with van der Waals surface area (Å²) in [7, 11) is 0. The largest absolute Gasteiger partial charge is 0.359 e. The molecule has 72 valence electrons. The van der Waals surface area contributed by atoms with E-state index in [-0.39, 0.29) is 5.43 Å². The molecular formula is C9H10N4O. The topological polar surface area (TPSA) is 61.9 Å². The van der Waals surface area contributed by atoms with Gasteiger partial charge in [-0.1, -0.05) is 0 Å². The van der Waals surface area contributed by atoms with E-state index in [4.69, 9.17) is 0 Å². The predicted molar refractivity (Wildman–Crippen MR) is 52.9 cm³/mol. The van der Waals surface area contributed by atoms with Crippen molar-refractivity contribution in [2.45, 2.75) is 6.54 Å². The fourth-order valence-electron chi connectivity index (χ4n) is 1.79. The molecule has 3 N–H and O–H groups in total. The summed E-state index contributed by atoms with van der Waals surface area (Å²) in [6, 6.07) is 1.58. The number of hydrogen-bond acceptors (Lipinski definition) is 3. The average molecular weight is 190 g/mol. The minimum Gasteiger partial charge on any atom is -0.359 e. The van der Waals surface area contributed by atoms with Crippen molar-refractivity contribution in [1.82, 2.24) is 14.9 Å². The SMILES string of the molecule is O=c1ccn2c3c([nH]cc1-2)CNCN3. The Morgan fingerprint density at radius 3 is 3.29 bits per heavy atom. The van der Waals surface area contributed by atoms with Crippen molar-refractivity contribution in [2.24, 2.45) is 0 Å². The highest BCUT2D eigenvalue weighted by Gasteiger charge is 2.16. The average Bonchev–Trinajstić information content (AvgIpc) is 2.61. The summed E-state index contributed by atoms with van der Waals surface area (Å²) in [5, 5.41) is 6.38. The number of aromatic amines is 1. The van der Waals surface area contributed by atoms with E-state index in [1.54, 1.807) is 18.5 Å². The summed E-state index contributed by atoms with van der Waals surface area (Å²) in [6.45, 7) is 1.52. The van der Waals surface area contributed by atoms with E-state index >= 15 is 0 Å². The van der Waals surface area contributed by atoms with Crippen LogP contribution in [0, 0.1) is 0 Å². The van der Waals surface area contributed by atoms with Crippen LogP contribution in [0.5, 0.6) is 0 Å². The summed E-state index contributed by atoms with van der Waals surface area (Å²) in [4.78, 5) is 14.5. The molecule has 3 aliphatic heterocycles. The van der Waals surface area contributed by atoms with E-state index in [1.807, 2.05) is 4.57 Å². The third-order valence-electron chi connectivity index (χ3n) is 2.48. The zero-order valence-corrected chi connectivity index (χ0v) is 7.50. The lowest BCUT2D eigenvalue weighted by molar-refractivity contribution is 0.674. The number of anilines is 1. The van der Waals surface area contributed by atoms with Crippen molar-refractivity contribution in [3.05, 3.63) is 34.4 Å². The molecule has 0 saturated carbocycles. The van der Waals surface area contributed by atoms with Crippen LogP contribution in [-0.4, -0.2) is 16.2 Å². The Morgan fingerprint density at radius 2 is 2.36 bits per heavy atom. The second kappa shape index (κ2) is 2.62. The van der Waals surface area contributed by atoms with E-state index in [1.165, 1.54) is 0 Å².